The molecular weight excluding hydrogens is 331 g/mol. The molecule has 1 fully saturated rings. The molecule has 1 N–H and O–H groups in total. The van der Waals surface area contributed by atoms with Crippen LogP contribution in [0.4, 0.5) is 22.0 Å². The van der Waals surface area contributed by atoms with E-state index in [1.807, 2.05) is 0 Å². The van der Waals surface area contributed by atoms with E-state index in [0.29, 0.717) is 12.6 Å². The van der Waals surface area contributed by atoms with Gasteiger partial charge in [-0.25, -0.2) is 8.78 Å². The highest BCUT2D eigenvalue weighted by molar-refractivity contribution is 6.01. The van der Waals surface area contributed by atoms with Crippen LogP contribution in [0.2, 0.25) is 0 Å². The molecule has 1 atom stereocenters. The van der Waals surface area contributed by atoms with Crippen molar-refractivity contribution in [1.82, 2.24) is 10.2 Å². The third-order valence-electron chi connectivity index (χ3n) is 3.83. The van der Waals surface area contributed by atoms with Crippen LogP contribution in [0, 0.1) is 0 Å². The van der Waals surface area contributed by atoms with E-state index in [-0.39, 0.29) is 31.1 Å². The Labute approximate surface area is 128 Å². The van der Waals surface area contributed by atoms with Gasteiger partial charge in [-0.15, -0.1) is 12.4 Å². The number of nitrogens with one attached hydrogen (secondary N) is 1. The number of piperazine rings is 1. The minimum absolute atomic E-state index is 0. The molecule has 3 rings (SSSR count). The highest BCUT2D eigenvalue weighted by atomic mass is 35.5. The van der Waals surface area contributed by atoms with Crippen LogP contribution in [-0.4, -0.2) is 30.4 Å². The zero-order chi connectivity index (χ0) is 15.4. The number of nitrogens with zero attached hydrogens (tertiary/aromatic N) is 1. The molecule has 0 bridgehead atoms. The second-order valence-electron chi connectivity index (χ2n) is 5.05. The number of hydrogen-bond acceptors (Lipinski definition) is 2. The molecule has 1 aromatic rings. The van der Waals surface area contributed by atoms with Gasteiger partial charge in [0.1, 0.15) is 0 Å². The average Bonchev–Trinajstić information content (AvgIpc) is 2.71. The minimum atomic E-state index is -4.84. The SMILES string of the molecule is Cl.O=C1c2c(cc(C(F)F)cc2C(F)(F)F)[C@H]2CNCCN12. The quantitative estimate of drug-likeness (QED) is 0.795. The van der Waals surface area contributed by atoms with Crippen molar-refractivity contribution in [1.29, 1.82) is 0 Å². The molecule has 22 heavy (non-hydrogen) atoms. The summed E-state index contributed by atoms with van der Waals surface area (Å²) >= 11 is 0. The topological polar surface area (TPSA) is 32.3 Å². The van der Waals surface area contributed by atoms with E-state index in [4.69, 9.17) is 0 Å². The Morgan fingerprint density at radius 2 is 1.95 bits per heavy atom. The zero-order valence-electron chi connectivity index (χ0n) is 11.1. The van der Waals surface area contributed by atoms with Crippen LogP contribution in [0.3, 0.4) is 0 Å². The summed E-state index contributed by atoms with van der Waals surface area (Å²) in [5.41, 5.74) is -2.42. The largest absolute Gasteiger partial charge is 0.417 e. The van der Waals surface area contributed by atoms with E-state index in [1.54, 1.807) is 0 Å². The first-order chi connectivity index (χ1) is 9.80. The van der Waals surface area contributed by atoms with Crippen molar-refractivity contribution < 1.29 is 26.7 Å². The Morgan fingerprint density at radius 1 is 1.27 bits per heavy atom. The van der Waals surface area contributed by atoms with Gasteiger partial charge in [0.05, 0.1) is 17.2 Å². The molecule has 1 saturated heterocycles. The molecule has 2 heterocycles. The van der Waals surface area contributed by atoms with Crippen molar-refractivity contribution in [2.75, 3.05) is 19.6 Å². The van der Waals surface area contributed by atoms with Gasteiger partial charge in [0.2, 0.25) is 0 Å². The summed E-state index contributed by atoms with van der Waals surface area (Å²) in [7, 11) is 0. The number of amides is 1. The van der Waals surface area contributed by atoms with Crippen LogP contribution < -0.4 is 5.32 Å². The molecule has 0 radical (unpaired) electrons. The fraction of sp³-hybridized carbons (Fsp3) is 0.462. The normalized spacial score (nSPS) is 20.7. The van der Waals surface area contributed by atoms with Crippen molar-refractivity contribution in [2.45, 2.75) is 18.6 Å². The molecule has 122 valence electrons. The summed E-state index contributed by atoms with van der Waals surface area (Å²) in [5, 5.41) is 2.96. The number of benzene rings is 1. The standard InChI is InChI=1S/C13H11F5N2O.ClH/c14-11(15)6-3-7-9-5-19-1-2-20(9)12(21)10(7)8(4-6)13(16,17)18;/h3-4,9,11,19H,1-2,5H2;1H/t9-;/m1./s1. The smallest absolute Gasteiger partial charge is 0.329 e. The first-order valence-electron chi connectivity index (χ1n) is 6.35. The molecule has 2 aliphatic rings. The Bertz CT molecular complexity index is 605. The van der Waals surface area contributed by atoms with Gasteiger partial charge < -0.3 is 10.2 Å². The third kappa shape index (κ3) is 2.54. The van der Waals surface area contributed by atoms with E-state index in [0.717, 1.165) is 6.07 Å². The predicted molar refractivity (Wildman–Crippen MR) is 70.3 cm³/mol. The van der Waals surface area contributed by atoms with Gasteiger partial charge >= 0.3 is 6.18 Å². The predicted octanol–water partition coefficient (Wildman–Crippen LogP) is 3.16. The highest BCUT2D eigenvalue weighted by Crippen LogP contribution is 2.43. The average molecular weight is 343 g/mol. The van der Waals surface area contributed by atoms with Gasteiger partial charge in [0.25, 0.3) is 12.3 Å². The molecule has 2 aliphatic heterocycles. The lowest BCUT2D eigenvalue weighted by Crippen LogP contribution is -2.44. The Balaban J connectivity index is 0.00000176. The Hall–Kier alpha value is -1.41. The third-order valence-corrected chi connectivity index (χ3v) is 3.83. The summed E-state index contributed by atoms with van der Waals surface area (Å²) in [6, 6.07) is 0.791. The Morgan fingerprint density at radius 3 is 2.55 bits per heavy atom. The van der Waals surface area contributed by atoms with Gasteiger partial charge in [-0.2, -0.15) is 13.2 Å². The van der Waals surface area contributed by atoms with Crippen molar-refractivity contribution in [2.24, 2.45) is 0 Å². The summed E-state index contributed by atoms with van der Waals surface area (Å²) in [6.45, 7) is 1.00. The number of carbonyl (C=O) groups excluding carboxylic acids is 1. The monoisotopic (exact) mass is 342 g/mol. The lowest BCUT2D eigenvalue weighted by atomic mass is 9.95. The number of halogens is 6. The fourth-order valence-electron chi connectivity index (χ4n) is 2.91. The zero-order valence-corrected chi connectivity index (χ0v) is 11.9. The molecule has 0 aliphatic carbocycles. The maximum Gasteiger partial charge on any atom is 0.417 e. The molecule has 0 unspecified atom stereocenters. The van der Waals surface area contributed by atoms with E-state index < -0.39 is 41.2 Å². The first-order valence-corrected chi connectivity index (χ1v) is 6.35. The van der Waals surface area contributed by atoms with Crippen LogP contribution in [0.5, 0.6) is 0 Å². The molecule has 9 heteroatoms. The molecule has 0 saturated carbocycles. The second-order valence-corrected chi connectivity index (χ2v) is 5.05. The molecular formula is C13H12ClF5N2O. The van der Waals surface area contributed by atoms with Crippen LogP contribution >= 0.6 is 12.4 Å². The molecule has 1 aromatic carbocycles. The minimum Gasteiger partial charge on any atom is -0.329 e. The van der Waals surface area contributed by atoms with E-state index in [9.17, 15) is 26.7 Å². The van der Waals surface area contributed by atoms with Gasteiger partial charge in [-0.1, -0.05) is 0 Å². The summed E-state index contributed by atoms with van der Waals surface area (Å²) < 4.78 is 65.0. The maximum absolute atomic E-state index is 13.1. The molecule has 3 nitrogen and oxygen atoms in total. The van der Waals surface area contributed by atoms with Gasteiger partial charge in [-0.3, -0.25) is 4.79 Å². The summed E-state index contributed by atoms with van der Waals surface area (Å²) in [5.74, 6) is -0.732. The first kappa shape index (κ1) is 17.0. The number of alkyl halides is 5. The van der Waals surface area contributed by atoms with Gasteiger partial charge in [-0.05, 0) is 17.7 Å². The lowest BCUT2D eigenvalue weighted by molar-refractivity contribution is -0.138. The fourth-order valence-corrected chi connectivity index (χ4v) is 2.91. The van der Waals surface area contributed by atoms with E-state index in [1.165, 1.54) is 4.90 Å². The maximum atomic E-state index is 13.1. The van der Waals surface area contributed by atoms with Gasteiger partial charge in [0, 0.05) is 25.2 Å². The lowest BCUT2D eigenvalue weighted by Gasteiger charge is -2.30. The van der Waals surface area contributed by atoms with Crippen molar-refractivity contribution in [3.05, 3.63) is 34.4 Å². The van der Waals surface area contributed by atoms with E-state index >= 15 is 0 Å². The number of rotatable bonds is 1. The van der Waals surface area contributed by atoms with Crippen molar-refractivity contribution in [3.63, 3.8) is 0 Å². The van der Waals surface area contributed by atoms with Crippen LogP contribution in [0.15, 0.2) is 12.1 Å². The number of carbonyl (C=O) groups is 1. The molecule has 0 spiro atoms. The Kier molecular flexibility index (Phi) is 4.36. The second kappa shape index (κ2) is 5.66. The molecule has 0 aromatic heterocycles. The van der Waals surface area contributed by atoms with Crippen molar-refractivity contribution in [3.8, 4) is 0 Å². The van der Waals surface area contributed by atoms with Crippen LogP contribution in [0.1, 0.15) is 39.5 Å². The van der Waals surface area contributed by atoms with E-state index in [2.05, 4.69) is 5.32 Å². The van der Waals surface area contributed by atoms with Crippen molar-refractivity contribution >= 4 is 18.3 Å². The summed E-state index contributed by atoms with van der Waals surface area (Å²) in [6.07, 6.45) is -7.86. The summed E-state index contributed by atoms with van der Waals surface area (Å²) in [4.78, 5) is 13.5. The van der Waals surface area contributed by atoms with Gasteiger partial charge in [0.15, 0.2) is 0 Å². The highest BCUT2D eigenvalue weighted by Gasteiger charge is 2.46. The number of fused-ring (bicyclic) bond motifs is 3. The van der Waals surface area contributed by atoms with Crippen LogP contribution in [0.25, 0.3) is 0 Å². The molecule has 1 amide bonds. The number of hydrogen-bond donors (Lipinski definition) is 1. The van der Waals surface area contributed by atoms with Crippen LogP contribution in [-0.2, 0) is 6.18 Å².